The Morgan fingerprint density at radius 1 is 1.00 bits per heavy atom. The number of piperidine rings is 1. The maximum absolute atomic E-state index is 15.1. The van der Waals surface area contributed by atoms with Crippen LogP contribution in [0.15, 0.2) is 71.8 Å². The summed E-state index contributed by atoms with van der Waals surface area (Å²) in [6.07, 6.45) is 11.6. The molecule has 5 heterocycles. The van der Waals surface area contributed by atoms with E-state index < -0.39 is 37.3 Å². The lowest BCUT2D eigenvalue weighted by molar-refractivity contribution is -0.384. The number of hydrogen-bond donors (Lipinski definition) is 3. The Bertz CT molecular complexity index is 2990. The van der Waals surface area contributed by atoms with E-state index in [0.29, 0.717) is 42.1 Å². The average molecular weight is 1020 g/mol. The fourth-order valence-corrected chi connectivity index (χ4v) is 13.4. The minimum atomic E-state index is -4.73. The van der Waals surface area contributed by atoms with E-state index in [2.05, 4.69) is 76.8 Å². The Hall–Kier alpha value is -5.78. The number of H-pyrrole nitrogens is 1. The quantitative estimate of drug-likeness (QED) is 0.0668. The molecule has 73 heavy (non-hydrogen) atoms. The predicted octanol–water partition coefficient (Wildman–Crippen LogP) is 11.2. The molecule has 2 saturated heterocycles. The highest BCUT2D eigenvalue weighted by atomic mass is 32.2. The van der Waals surface area contributed by atoms with Crippen molar-refractivity contribution >= 4 is 44.0 Å². The first-order valence-electron chi connectivity index (χ1n) is 26.3. The third-order valence-electron chi connectivity index (χ3n) is 17.0. The van der Waals surface area contributed by atoms with Gasteiger partial charge in [0.05, 0.1) is 38.6 Å². The van der Waals surface area contributed by atoms with E-state index in [1.54, 1.807) is 19.2 Å². The zero-order valence-corrected chi connectivity index (χ0v) is 43.8. The minimum absolute atomic E-state index is 0.0195. The number of methoxy groups -OCH3 is 1. The lowest BCUT2D eigenvalue weighted by atomic mass is 9.70. The lowest BCUT2D eigenvalue weighted by Gasteiger charge is -2.57. The van der Waals surface area contributed by atoms with Crippen molar-refractivity contribution < 1.29 is 36.7 Å². The van der Waals surface area contributed by atoms with Gasteiger partial charge in [-0.15, -0.1) is 0 Å². The number of amides is 1. The van der Waals surface area contributed by atoms with Crippen molar-refractivity contribution in [3.8, 4) is 17.2 Å². The van der Waals surface area contributed by atoms with Gasteiger partial charge < -0.3 is 29.4 Å². The van der Waals surface area contributed by atoms with Gasteiger partial charge in [-0.05, 0) is 129 Å². The summed E-state index contributed by atoms with van der Waals surface area (Å²) >= 11 is 0. The number of carbonyl (C=O) groups excluding carboxylic acids is 1. The number of hydrogen-bond acceptors (Lipinski definition) is 12. The van der Waals surface area contributed by atoms with Crippen LogP contribution in [0.5, 0.6) is 17.2 Å². The number of nitrogens with one attached hydrogen (secondary N) is 3. The monoisotopic (exact) mass is 1020 g/mol. The largest absolute Gasteiger partial charge is 0.489 e. The number of benzene rings is 3. The number of nitro groups is 1. The molecular formula is C56H70FN7O8S. The molecule has 0 radical (unpaired) electrons. The van der Waals surface area contributed by atoms with Crippen LogP contribution in [0.2, 0.25) is 0 Å². The van der Waals surface area contributed by atoms with Crippen molar-refractivity contribution in [2.24, 2.45) is 16.7 Å². The van der Waals surface area contributed by atoms with Gasteiger partial charge >= 0.3 is 0 Å². The first kappa shape index (κ1) is 50.7. The molecule has 15 nitrogen and oxygen atoms in total. The number of rotatable bonds is 15. The Balaban J connectivity index is 0.904. The summed E-state index contributed by atoms with van der Waals surface area (Å²) in [4.78, 5) is 38.4. The molecule has 17 heteroatoms. The van der Waals surface area contributed by atoms with E-state index in [-0.39, 0.29) is 69.4 Å². The Labute approximate surface area is 428 Å². The van der Waals surface area contributed by atoms with Crippen LogP contribution >= 0.6 is 0 Å². The van der Waals surface area contributed by atoms with Crippen LogP contribution in [0.4, 0.5) is 21.5 Å². The number of sulfonamides is 1. The summed E-state index contributed by atoms with van der Waals surface area (Å²) in [6.45, 7) is 14.9. The molecule has 1 amide bonds. The molecule has 0 bridgehead atoms. The molecule has 3 aliphatic heterocycles. The first-order chi connectivity index (χ1) is 34.9. The SMILES string of the molecule is CO[C@@H](C)CCc1nc2[nH]cc(F)c2cc1Oc1cc(N2CCC3(CC2)CN([C@@H]2CCC[C@@H]2c2ccccc2C(C)C)C3)ccc1C(=O)NS(=O)(=O)c1cc2c(c([N+](=O)[O-])c1)N[C@@H](C1CCC(C)(C)CC1)CO2. The maximum atomic E-state index is 15.1. The topological polar surface area (TPSA) is 181 Å². The summed E-state index contributed by atoms with van der Waals surface area (Å²) in [7, 11) is -3.11. The standard InChI is InChI=1S/C56H70FN7O8S/c1-34(2)39-10-7-8-11-40(39)41-12-9-13-47(41)63-32-56(33-63)22-24-62(25-23-56)37-15-16-42(49(26-37)72-50-29-43-44(57)30-58-53(43)60-45(50)17-14-35(3)70-6)54(65)61-73(68,69)38-27-48(64(66)67)52-51(28-38)71-31-46(59-52)36-18-20-55(4,5)21-19-36/h7-8,10-11,15-16,26-30,34-36,41,46-47,59H,9,12-14,17-25,31-33H2,1-6H3,(H,58,60)(H,61,65)/t35-,41+,46+,47+/m0/s1. The second-order valence-electron chi connectivity index (χ2n) is 22.7. The van der Waals surface area contributed by atoms with Gasteiger partial charge in [0.1, 0.15) is 29.6 Å². The Kier molecular flexibility index (Phi) is 14.0. The van der Waals surface area contributed by atoms with Crippen LogP contribution in [0.25, 0.3) is 11.0 Å². The van der Waals surface area contributed by atoms with Gasteiger partial charge in [-0.1, -0.05) is 58.4 Å². The molecule has 0 unspecified atom stereocenters. The van der Waals surface area contributed by atoms with Gasteiger partial charge in [0.2, 0.25) is 0 Å². The molecular weight excluding hydrogens is 950 g/mol. The highest BCUT2D eigenvalue weighted by Gasteiger charge is 2.49. The van der Waals surface area contributed by atoms with E-state index in [4.69, 9.17) is 19.2 Å². The number of pyridine rings is 1. The number of halogens is 1. The molecule has 2 aliphatic carbocycles. The van der Waals surface area contributed by atoms with E-state index in [9.17, 15) is 23.3 Å². The zero-order chi connectivity index (χ0) is 51.4. The number of carbonyl (C=O) groups is 1. The lowest BCUT2D eigenvalue weighted by Crippen LogP contribution is -2.63. The number of aryl methyl sites for hydroxylation is 1. The van der Waals surface area contributed by atoms with Crippen molar-refractivity contribution in [1.82, 2.24) is 19.6 Å². The van der Waals surface area contributed by atoms with Crippen LogP contribution in [0, 0.1) is 32.7 Å². The summed E-state index contributed by atoms with van der Waals surface area (Å²) in [5.74, 6) is -0.0383. The van der Waals surface area contributed by atoms with Crippen molar-refractivity contribution in [2.45, 2.75) is 140 Å². The summed E-state index contributed by atoms with van der Waals surface area (Å²) in [5, 5.41) is 16.0. The highest BCUT2D eigenvalue weighted by Crippen LogP contribution is 2.50. The van der Waals surface area contributed by atoms with Crippen LogP contribution in [-0.2, 0) is 21.2 Å². The molecule has 3 aromatic carbocycles. The van der Waals surface area contributed by atoms with Crippen molar-refractivity contribution in [2.75, 3.05) is 50.1 Å². The maximum Gasteiger partial charge on any atom is 0.297 e. The number of ether oxygens (including phenoxy) is 3. The van der Waals surface area contributed by atoms with E-state index in [1.165, 1.54) is 54.8 Å². The smallest absolute Gasteiger partial charge is 0.297 e. The van der Waals surface area contributed by atoms with Crippen LogP contribution in [0.1, 0.15) is 138 Å². The number of nitro benzene ring substituents is 1. The van der Waals surface area contributed by atoms with Gasteiger partial charge in [-0.3, -0.25) is 19.8 Å². The third kappa shape index (κ3) is 10.4. The Morgan fingerprint density at radius 3 is 2.48 bits per heavy atom. The Morgan fingerprint density at radius 2 is 1.75 bits per heavy atom. The van der Waals surface area contributed by atoms with Gasteiger partial charge in [0.25, 0.3) is 21.6 Å². The number of aromatic amines is 1. The first-order valence-corrected chi connectivity index (χ1v) is 27.8. The fourth-order valence-electron chi connectivity index (χ4n) is 12.4. The van der Waals surface area contributed by atoms with Crippen LogP contribution < -0.4 is 24.4 Å². The van der Waals surface area contributed by atoms with E-state index in [0.717, 1.165) is 76.5 Å². The van der Waals surface area contributed by atoms with Gasteiger partial charge in [0.15, 0.2) is 11.4 Å². The minimum Gasteiger partial charge on any atom is -0.489 e. The van der Waals surface area contributed by atoms with Gasteiger partial charge in [-0.2, -0.15) is 0 Å². The fraction of sp³-hybridized carbons (Fsp3) is 0.536. The molecule has 3 N–H and O–H groups in total. The molecule has 10 rings (SSSR count). The molecule has 5 aliphatic rings. The number of fused-ring (bicyclic) bond motifs is 2. The molecule has 2 aromatic heterocycles. The highest BCUT2D eigenvalue weighted by molar-refractivity contribution is 7.90. The molecule has 5 aromatic rings. The van der Waals surface area contributed by atoms with Gasteiger partial charge in [0, 0.05) is 69.4 Å². The molecule has 2 saturated carbocycles. The second-order valence-corrected chi connectivity index (χ2v) is 24.4. The van der Waals surface area contributed by atoms with Crippen molar-refractivity contribution in [3.63, 3.8) is 0 Å². The number of anilines is 2. The van der Waals surface area contributed by atoms with Crippen LogP contribution in [-0.4, -0.2) is 92.2 Å². The van der Waals surface area contributed by atoms with Crippen molar-refractivity contribution in [3.05, 3.63) is 105 Å². The van der Waals surface area contributed by atoms with E-state index in [1.807, 2.05) is 6.92 Å². The number of aromatic nitrogens is 2. The molecule has 4 fully saturated rings. The zero-order valence-electron chi connectivity index (χ0n) is 43.0. The number of likely N-dealkylation sites (tertiary alicyclic amines) is 1. The summed E-state index contributed by atoms with van der Waals surface area (Å²) in [5.41, 5.74) is 4.54. The molecule has 390 valence electrons. The average Bonchev–Trinajstić information content (AvgIpc) is 4.00. The molecule has 4 atom stereocenters. The predicted molar refractivity (Wildman–Crippen MR) is 280 cm³/mol. The summed E-state index contributed by atoms with van der Waals surface area (Å²) < 4.78 is 63.9. The van der Waals surface area contributed by atoms with Crippen LogP contribution in [0.3, 0.4) is 0 Å². The van der Waals surface area contributed by atoms with Crippen molar-refractivity contribution in [1.29, 1.82) is 0 Å². The summed E-state index contributed by atoms with van der Waals surface area (Å²) in [6, 6.07) is 18.1. The van der Waals surface area contributed by atoms with Gasteiger partial charge in [-0.25, -0.2) is 22.5 Å². The third-order valence-corrected chi connectivity index (χ3v) is 18.3. The molecule has 1 spiro atoms. The normalized spacial score (nSPS) is 22.4. The number of nitrogens with zero attached hydrogens (tertiary/aromatic N) is 4. The van der Waals surface area contributed by atoms with E-state index >= 15 is 4.39 Å². The second kappa shape index (κ2) is 20.2.